The van der Waals surface area contributed by atoms with Crippen LogP contribution < -0.4 is 4.48 Å². The minimum absolute atomic E-state index is 0.292. The molecule has 0 unspecified atom stereocenters. The van der Waals surface area contributed by atoms with Gasteiger partial charge in [0.1, 0.15) is 5.69 Å². The quantitative estimate of drug-likeness (QED) is 0.328. The van der Waals surface area contributed by atoms with Crippen molar-refractivity contribution in [1.82, 2.24) is 4.48 Å². The molecule has 0 saturated heterocycles. The normalized spacial score (nSPS) is 10.1. The lowest BCUT2D eigenvalue weighted by atomic mass is 10.3. The molecule has 1 aromatic carbocycles. The Labute approximate surface area is 87.1 Å². The molecule has 0 radical (unpaired) electrons. The first-order valence-corrected chi connectivity index (χ1v) is 4.16. The van der Waals surface area contributed by atoms with Crippen LogP contribution in [0.5, 0.6) is 0 Å². The summed E-state index contributed by atoms with van der Waals surface area (Å²) in [5.41, 5.74) is 0.995. The molecule has 0 fully saturated rings. The number of alkyl halides is 1. The van der Waals surface area contributed by atoms with Gasteiger partial charge in [-0.1, -0.05) is 18.2 Å². The van der Waals surface area contributed by atoms with Gasteiger partial charge < -0.3 is 15.3 Å². The lowest BCUT2D eigenvalue weighted by Crippen LogP contribution is -2.39. The molecule has 0 aliphatic heterocycles. The smallest absolute Gasteiger partial charge is 0.226 e. The minimum atomic E-state index is -1.75. The first kappa shape index (κ1) is 13.3. The topological polar surface area (TPSA) is 66.2 Å². The van der Waals surface area contributed by atoms with Gasteiger partial charge in [-0.15, -0.1) is 0 Å². The van der Waals surface area contributed by atoms with E-state index in [1.54, 1.807) is 0 Å². The standard InChI is InChI=1S/C9H13FN.NO3/c1-11(2,8-10)9-6-4-3-5-7-9;2-1(3)4/h3-7H,8H2,1-2H3;/q+1;-1. The first-order chi connectivity index (χ1) is 6.90. The Balaban J connectivity index is 0.000000423. The highest BCUT2D eigenvalue weighted by atomic mass is 19.1. The first-order valence-electron chi connectivity index (χ1n) is 4.16. The molecule has 1 aromatic rings. The molecule has 15 heavy (non-hydrogen) atoms. The summed E-state index contributed by atoms with van der Waals surface area (Å²) in [5, 5.41) is 14.8. The van der Waals surface area contributed by atoms with Gasteiger partial charge in [0.2, 0.25) is 6.80 Å². The molecule has 6 heteroatoms. The van der Waals surface area contributed by atoms with Crippen LogP contribution in [-0.4, -0.2) is 26.0 Å². The molecule has 0 aliphatic rings. The zero-order chi connectivity index (χ0) is 11.9. The van der Waals surface area contributed by atoms with Crippen molar-refractivity contribution in [2.45, 2.75) is 0 Å². The van der Waals surface area contributed by atoms with Crippen LogP contribution in [0.4, 0.5) is 10.1 Å². The predicted octanol–water partition coefficient (Wildman–Crippen LogP) is 1.94. The summed E-state index contributed by atoms with van der Waals surface area (Å²) in [6.45, 7) is -0.371. The van der Waals surface area contributed by atoms with Gasteiger partial charge in [-0.05, 0) is 12.1 Å². The Morgan fingerprint density at radius 2 is 1.67 bits per heavy atom. The van der Waals surface area contributed by atoms with Crippen LogP contribution in [0.2, 0.25) is 0 Å². The molecule has 5 nitrogen and oxygen atoms in total. The van der Waals surface area contributed by atoms with Crippen molar-refractivity contribution in [1.29, 1.82) is 0 Å². The third-order valence-corrected chi connectivity index (χ3v) is 1.75. The summed E-state index contributed by atoms with van der Waals surface area (Å²) in [6.07, 6.45) is 0. The second kappa shape index (κ2) is 5.92. The molecule has 0 aliphatic carbocycles. The Morgan fingerprint density at radius 3 is 2.00 bits per heavy atom. The van der Waals surface area contributed by atoms with Gasteiger partial charge in [0, 0.05) is 0 Å². The number of halogens is 1. The van der Waals surface area contributed by atoms with Gasteiger partial charge in [0.25, 0.3) is 0 Å². The average Bonchev–Trinajstić information content (AvgIpc) is 2.18. The Kier molecular flexibility index (Phi) is 5.25. The summed E-state index contributed by atoms with van der Waals surface area (Å²) < 4.78 is 12.7. The van der Waals surface area contributed by atoms with E-state index in [9.17, 15) is 4.39 Å². The third-order valence-electron chi connectivity index (χ3n) is 1.75. The van der Waals surface area contributed by atoms with Crippen LogP contribution >= 0.6 is 0 Å². The fourth-order valence-corrected chi connectivity index (χ4v) is 0.901. The number of hydrogen-bond acceptors (Lipinski definition) is 3. The summed E-state index contributed by atoms with van der Waals surface area (Å²) in [6, 6.07) is 9.64. The zero-order valence-electron chi connectivity index (χ0n) is 8.59. The van der Waals surface area contributed by atoms with Crippen LogP contribution in [-0.2, 0) is 0 Å². The molecule has 0 atom stereocenters. The van der Waals surface area contributed by atoms with Crippen molar-refractivity contribution in [3.05, 3.63) is 45.7 Å². The van der Waals surface area contributed by atoms with E-state index in [0.29, 0.717) is 4.48 Å². The molecular weight excluding hydrogens is 203 g/mol. The molecule has 0 heterocycles. The molecule has 1 rings (SSSR count). The van der Waals surface area contributed by atoms with Gasteiger partial charge in [-0.3, -0.25) is 4.48 Å². The molecular formula is C9H13FN2O3. The lowest BCUT2D eigenvalue weighted by Gasteiger charge is -2.24. The number of rotatable bonds is 2. The SMILES string of the molecule is C[N+](C)(CF)c1ccccc1.O=[N+]([O-])[O-]. The maximum Gasteiger partial charge on any atom is 0.226 e. The minimum Gasteiger partial charge on any atom is -0.356 e. The Morgan fingerprint density at radius 1 is 1.27 bits per heavy atom. The molecule has 84 valence electrons. The molecule has 0 amide bonds. The zero-order valence-corrected chi connectivity index (χ0v) is 8.59. The van der Waals surface area contributed by atoms with Gasteiger partial charge in [-0.25, -0.2) is 0 Å². The van der Waals surface area contributed by atoms with E-state index >= 15 is 0 Å². The van der Waals surface area contributed by atoms with Gasteiger partial charge >= 0.3 is 0 Å². The van der Waals surface area contributed by atoms with E-state index in [1.165, 1.54) is 0 Å². The van der Waals surface area contributed by atoms with E-state index in [-0.39, 0.29) is 6.80 Å². The van der Waals surface area contributed by atoms with Crippen LogP contribution in [0.1, 0.15) is 0 Å². The van der Waals surface area contributed by atoms with E-state index in [1.807, 2.05) is 44.4 Å². The van der Waals surface area contributed by atoms with E-state index in [2.05, 4.69) is 0 Å². The largest absolute Gasteiger partial charge is 0.356 e. The average molecular weight is 216 g/mol. The van der Waals surface area contributed by atoms with Crippen molar-refractivity contribution < 1.29 is 9.48 Å². The number of para-hydroxylation sites is 1. The maximum atomic E-state index is 12.4. The van der Waals surface area contributed by atoms with Crippen molar-refractivity contribution in [2.24, 2.45) is 0 Å². The van der Waals surface area contributed by atoms with Crippen LogP contribution in [0.15, 0.2) is 30.3 Å². The summed E-state index contributed by atoms with van der Waals surface area (Å²) in [7, 11) is 3.69. The molecule has 0 aromatic heterocycles. The fourth-order valence-electron chi connectivity index (χ4n) is 0.901. The molecule has 0 saturated carbocycles. The number of hydrogen-bond donors (Lipinski definition) is 0. The van der Waals surface area contributed by atoms with Crippen molar-refractivity contribution in [2.75, 3.05) is 20.9 Å². The van der Waals surface area contributed by atoms with Crippen LogP contribution in [0.25, 0.3) is 0 Å². The molecule has 0 spiro atoms. The van der Waals surface area contributed by atoms with Gasteiger partial charge in [-0.2, -0.15) is 4.39 Å². The lowest BCUT2D eigenvalue weighted by molar-refractivity contribution is -0.402. The Hall–Kier alpha value is -1.69. The number of quaternary nitrogens is 1. The summed E-state index contributed by atoms with van der Waals surface area (Å²) >= 11 is 0. The Bertz CT molecular complexity index is 299. The van der Waals surface area contributed by atoms with Gasteiger partial charge in [0.15, 0.2) is 0 Å². The van der Waals surface area contributed by atoms with Crippen LogP contribution in [0, 0.1) is 15.3 Å². The van der Waals surface area contributed by atoms with E-state index in [0.717, 1.165) is 5.69 Å². The summed E-state index contributed by atoms with van der Waals surface area (Å²) in [5.74, 6) is 0. The second-order valence-corrected chi connectivity index (χ2v) is 3.36. The highest BCUT2D eigenvalue weighted by Gasteiger charge is 2.16. The highest BCUT2D eigenvalue weighted by Crippen LogP contribution is 2.17. The van der Waals surface area contributed by atoms with E-state index < -0.39 is 5.09 Å². The monoisotopic (exact) mass is 216 g/mol. The third kappa shape index (κ3) is 5.58. The van der Waals surface area contributed by atoms with E-state index in [4.69, 9.17) is 15.3 Å². The summed E-state index contributed by atoms with van der Waals surface area (Å²) in [4.78, 5) is 8.25. The fraction of sp³-hybridized carbons (Fsp3) is 0.333. The predicted molar refractivity (Wildman–Crippen MR) is 56.4 cm³/mol. The van der Waals surface area contributed by atoms with Crippen molar-refractivity contribution >= 4 is 5.69 Å². The number of nitrogens with zero attached hydrogens (tertiary/aromatic N) is 2. The van der Waals surface area contributed by atoms with Crippen LogP contribution in [0.3, 0.4) is 0 Å². The maximum absolute atomic E-state index is 12.4. The highest BCUT2D eigenvalue weighted by molar-refractivity contribution is 5.40. The van der Waals surface area contributed by atoms with Gasteiger partial charge in [0.05, 0.1) is 19.2 Å². The second-order valence-electron chi connectivity index (χ2n) is 3.36. The number of benzene rings is 1. The van der Waals surface area contributed by atoms with Crippen molar-refractivity contribution in [3.8, 4) is 0 Å². The molecule has 0 bridgehead atoms. The van der Waals surface area contributed by atoms with Crippen molar-refractivity contribution in [3.63, 3.8) is 0 Å². The molecule has 0 N–H and O–H groups in total.